The molecular formula is C21H23N3O7. The van der Waals surface area contributed by atoms with Crippen molar-refractivity contribution in [2.24, 2.45) is 0 Å². The molecular weight excluding hydrogens is 406 g/mol. The molecule has 0 aliphatic carbocycles. The second kappa shape index (κ2) is 9.79. The molecule has 0 fully saturated rings. The van der Waals surface area contributed by atoms with Crippen LogP contribution >= 0.6 is 0 Å². The Morgan fingerprint density at radius 2 is 1.84 bits per heavy atom. The Hall–Kier alpha value is -3.82. The van der Waals surface area contributed by atoms with Crippen LogP contribution in [0.5, 0.6) is 5.75 Å². The lowest BCUT2D eigenvalue weighted by Crippen LogP contribution is -2.45. The molecule has 0 radical (unpaired) electrons. The molecule has 164 valence electrons. The number of ether oxygens (including phenoxy) is 3. The highest BCUT2D eigenvalue weighted by Crippen LogP contribution is 2.18. The Bertz CT molecular complexity index is 989. The fraction of sp³-hybridized carbons (Fsp3) is 0.333. The minimum atomic E-state index is -0.610. The van der Waals surface area contributed by atoms with Gasteiger partial charge in [-0.3, -0.25) is 0 Å². The molecule has 1 aliphatic rings. The number of urea groups is 1. The summed E-state index contributed by atoms with van der Waals surface area (Å²) in [6.45, 7) is 5.53. The molecule has 31 heavy (non-hydrogen) atoms. The Labute approximate surface area is 178 Å². The minimum Gasteiger partial charge on any atom is -0.489 e. The van der Waals surface area contributed by atoms with E-state index in [1.54, 1.807) is 31.2 Å². The summed E-state index contributed by atoms with van der Waals surface area (Å²) in [5, 5.41) is 8.84. The third-order valence-electron chi connectivity index (χ3n) is 4.58. The van der Waals surface area contributed by atoms with Crippen molar-refractivity contribution in [3.63, 3.8) is 0 Å². The zero-order valence-electron chi connectivity index (χ0n) is 17.4. The zero-order valence-corrected chi connectivity index (χ0v) is 17.4. The Morgan fingerprint density at radius 1 is 1.10 bits per heavy atom. The lowest BCUT2D eigenvalue weighted by molar-refractivity contribution is -0.138. The van der Waals surface area contributed by atoms with E-state index < -0.39 is 18.0 Å². The summed E-state index contributed by atoms with van der Waals surface area (Å²) in [4.78, 5) is 36.0. The van der Waals surface area contributed by atoms with Gasteiger partial charge in [0.1, 0.15) is 24.7 Å². The number of hydrogen-bond acceptors (Lipinski definition) is 8. The minimum absolute atomic E-state index is 0.00524. The van der Waals surface area contributed by atoms with Crippen LogP contribution in [-0.4, -0.2) is 42.9 Å². The quantitative estimate of drug-likeness (QED) is 0.611. The van der Waals surface area contributed by atoms with Gasteiger partial charge in [-0.15, -0.1) is 0 Å². The van der Waals surface area contributed by atoms with E-state index in [1.165, 1.54) is 0 Å². The van der Waals surface area contributed by atoms with Gasteiger partial charge in [-0.1, -0.05) is 5.16 Å². The number of aryl methyl sites for hydroxylation is 2. The summed E-state index contributed by atoms with van der Waals surface area (Å²) in [7, 11) is 0. The molecule has 0 atom stereocenters. The summed E-state index contributed by atoms with van der Waals surface area (Å²) < 4.78 is 21.0. The van der Waals surface area contributed by atoms with E-state index in [1.807, 2.05) is 13.8 Å². The van der Waals surface area contributed by atoms with Crippen molar-refractivity contribution in [3.8, 4) is 5.75 Å². The number of benzene rings is 1. The molecule has 0 saturated heterocycles. The van der Waals surface area contributed by atoms with Crippen LogP contribution in [0.4, 0.5) is 4.79 Å². The maximum absolute atomic E-state index is 12.4. The lowest BCUT2D eigenvalue weighted by Gasteiger charge is -2.21. The van der Waals surface area contributed by atoms with Crippen molar-refractivity contribution in [1.29, 1.82) is 0 Å². The number of carbonyl (C=O) groups is 3. The summed E-state index contributed by atoms with van der Waals surface area (Å²) in [5.74, 6) is 0.0651. The standard InChI is InChI=1S/C21H23N3O7/c1-4-28-20(26)16-9-22-21(27)23-18(16)11-30-19(25)14-5-7-15(8-6-14)29-10-17-12(2)24-31-13(17)3/h5-8H,4,9-11H2,1-3H3,(H2,22,23,27). The van der Waals surface area contributed by atoms with E-state index in [4.69, 9.17) is 18.7 Å². The second-order valence-electron chi connectivity index (χ2n) is 6.68. The van der Waals surface area contributed by atoms with Gasteiger partial charge in [0.15, 0.2) is 0 Å². The van der Waals surface area contributed by atoms with Crippen molar-refractivity contribution >= 4 is 18.0 Å². The van der Waals surface area contributed by atoms with Crippen molar-refractivity contribution in [3.05, 3.63) is 58.1 Å². The molecule has 1 aliphatic heterocycles. The number of carbonyl (C=O) groups excluding carboxylic acids is 3. The summed E-state index contributed by atoms with van der Waals surface area (Å²) in [6.07, 6.45) is 0. The Kier molecular flexibility index (Phi) is 6.91. The average molecular weight is 429 g/mol. The monoisotopic (exact) mass is 429 g/mol. The van der Waals surface area contributed by atoms with Gasteiger partial charge in [-0.2, -0.15) is 0 Å². The molecule has 2 amide bonds. The molecule has 3 rings (SSSR count). The maximum atomic E-state index is 12.4. The average Bonchev–Trinajstić information content (AvgIpc) is 3.08. The fourth-order valence-corrected chi connectivity index (χ4v) is 2.84. The highest BCUT2D eigenvalue weighted by molar-refractivity contribution is 5.94. The normalized spacial score (nSPS) is 13.3. The summed E-state index contributed by atoms with van der Waals surface area (Å²) in [5.41, 5.74) is 2.33. The maximum Gasteiger partial charge on any atom is 0.338 e. The number of amides is 2. The van der Waals surface area contributed by atoms with Crippen LogP contribution in [0.1, 0.15) is 34.3 Å². The highest BCUT2D eigenvalue weighted by atomic mass is 16.5. The van der Waals surface area contributed by atoms with Crippen LogP contribution in [0.3, 0.4) is 0 Å². The van der Waals surface area contributed by atoms with Crippen LogP contribution in [0.2, 0.25) is 0 Å². The molecule has 2 heterocycles. The third-order valence-corrected chi connectivity index (χ3v) is 4.58. The van der Waals surface area contributed by atoms with Crippen molar-refractivity contribution in [2.75, 3.05) is 19.8 Å². The molecule has 0 saturated carbocycles. The number of aromatic nitrogens is 1. The van der Waals surface area contributed by atoms with E-state index in [-0.39, 0.29) is 31.0 Å². The number of esters is 2. The smallest absolute Gasteiger partial charge is 0.338 e. The highest BCUT2D eigenvalue weighted by Gasteiger charge is 2.24. The number of nitrogens with one attached hydrogen (secondary N) is 2. The largest absolute Gasteiger partial charge is 0.489 e. The molecule has 0 spiro atoms. The lowest BCUT2D eigenvalue weighted by atomic mass is 10.1. The van der Waals surface area contributed by atoms with Crippen LogP contribution in [0.15, 0.2) is 40.1 Å². The van der Waals surface area contributed by atoms with Crippen molar-refractivity contribution in [1.82, 2.24) is 15.8 Å². The van der Waals surface area contributed by atoms with Gasteiger partial charge in [0.2, 0.25) is 0 Å². The zero-order chi connectivity index (χ0) is 22.4. The van der Waals surface area contributed by atoms with Gasteiger partial charge < -0.3 is 29.4 Å². The van der Waals surface area contributed by atoms with E-state index >= 15 is 0 Å². The number of hydrogen-bond donors (Lipinski definition) is 2. The molecule has 10 heteroatoms. The predicted molar refractivity (Wildman–Crippen MR) is 107 cm³/mol. The first kappa shape index (κ1) is 21.9. The van der Waals surface area contributed by atoms with E-state index in [0.717, 1.165) is 11.3 Å². The SMILES string of the molecule is CCOC(=O)C1=C(COC(=O)c2ccc(OCc3c(C)noc3C)cc2)NC(=O)NC1. The van der Waals surface area contributed by atoms with Crippen molar-refractivity contribution < 1.29 is 33.1 Å². The van der Waals surface area contributed by atoms with Gasteiger partial charge in [-0.25, -0.2) is 14.4 Å². The van der Waals surface area contributed by atoms with Gasteiger partial charge >= 0.3 is 18.0 Å². The topological polar surface area (TPSA) is 129 Å². The number of rotatable bonds is 8. The van der Waals surface area contributed by atoms with E-state index in [2.05, 4.69) is 15.8 Å². The molecule has 1 aromatic heterocycles. The number of nitrogens with zero attached hydrogens (tertiary/aromatic N) is 1. The van der Waals surface area contributed by atoms with Crippen LogP contribution in [0.25, 0.3) is 0 Å². The molecule has 10 nitrogen and oxygen atoms in total. The van der Waals surface area contributed by atoms with Crippen LogP contribution in [-0.2, 0) is 20.9 Å². The van der Waals surface area contributed by atoms with Gasteiger partial charge in [0, 0.05) is 0 Å². The molecule has 0 unspecified atom stereocenters. The van der Waals surface area contributed by atoms with E-state index in [9.17, 15) is 14.4 Å². The first-order valence-electron chi connectivity index (χ1n) is 9.64. The fourth-order valence-electron chi connectivity index (χ4n) is 2.84. The Balaban J connectivity index is 1.59. The second-order valence-corrected chi connectivity index (χ2v) is 6.68. The van der Waals surface area contributed by atoms with Crippen LogP contribution < -0.4 is 15.4 Å². The molecule has 2 N–H and O–H groups in total. The van der Waals surface area contributed by atoms with Crippen molar-refractivity contribution in [2.45, 2.75) is 27.4 Å². The first-order valence-corrected chi connectivity index (χ1v) is 9.64. The molecule has 0 bridgehead atoms. The summed E-state index contributed by atoms with van der Waals surface area (Å²) in [6, 6.07) is 5.92. The summed E-state index contributed by atoms with van der Waals surface area (Å²) >= 11 is 0. The Morgan fingerprint density at radius 3 is 2.48 bits per heavy atom. The van der Waals surface area contributed by atoms with Gasteiger partial charge in [-0.05, 0) is 45.0 Å². The third kappa shape index (κ3) is 5.41. The first-order chi connectivity index (χ1) is 14.9. The molecule has 2 aromatic rings. The molecule has 1 aromatic carbocycles. The van der Waals surface area contributed by atoms with Gasteiger partial charge in [0.25, 0.3) is 0 Å². The predicted octanol–water partition coefficient (Wildman–Crippen LogP) is 2.16. The van der Waals surface area contributed by atoms with E-state index in [0.29, 0.717) is 23.7 Å². The van der Waals surface area contributed by atoms with Gasteiger partial charge in [0.05, 0.1) is 41.2 Å². The van der Waals surface area contributed by atoms with Crippen LogP contribution in [0, 0.1) is 13.8 Å².